The lowest BCUT2D eigenvalue weighted by atomic mass is 10.0. The molecule has 0 fully saturated rings. The molecule has 0 saturated carbocycles. The van der Waals surface area contributed by atoms with Crippen LogP contribution in [0.2, 0.25) is 0 Å². The van der Waals surface area contributed by atoms with Crippen LogP contribution >= 0.6 is 0 Å². The predicted molar refractivity (Wildman–Crippen MR) is 68.2 cm³/mol. The van der Waals surface area contributed by atoms with Gasteiger partial charge in [0.1, 0.15) is 19.0 Å². The van der Waals surface area contributed by atoms with Gasteiger partial charge in [-0.05, 0) is 35.4 Å². The summed E-state index contributed by atoms with van der Waals surface area (Å²) in [5, 5.41) is 0. The molecule has 0 radical (unpaired) electrons. The topological polar surface area (TPSA) is 35.5 Å². The molecule has 0 N–H and O–H groups in total. The molecule has 0 bridgehead atoms. The van der Waals surface area contributed by atoms with E-state index in [1.165, 1.54) is 12.1 Å². The molecule has 0 amide bonds. The van der Waals surface area contributed by atoms with E-state index in [0.717, 1.165) is 5.56 Å². The van der Waals surface area contributed by atoms with Crippen molar-refractivity contribution >= 4 is 6.29 Å². The molecule has 1 heterocycles. The number of hydrogen-bond donors (Lipinski definition) is 0. The fraction of sp³-hybridized carbons (Fsp3) is 0.133. The van der Waals surface area contributed by atoms with Crippen molar-refractivity contribution in [2.45, 2.75) is 0 Å². The van der Waals surface area contributed by atoms with E-state index in [0.29, 0.717) is 36.6 Å². The smallest absolute Gasteiger partial charge is 0.161 e. The van der Waals surface area contributed by atoms with Gasteiger partial charge >= 0.3 is 0 Å². The number of carbonyl (C=O) groups is 1. The van der Waals surface area contributed by atoms with Crippen LogP contribution in [0.4, 0.5) is 4.39 Å². The number of ether oxygens (including phenoxy) is 2. The number of rotatable bonds is 2. The van der Waals surface area contributed by atoms with E-state index in [9.17, 15) is 9.18 Å². The van der Waals surface area contributed by atoms with Crippen molar-refractivity contribution in [3.05, 3.63) is 47.8 Å². The summed E-state index contributed by atoms with van der Waals surface area (Å²) >= 11 is 0. The molecule has 1 aliphatic heterocycles. The van der Waals surface area contributed by atoms with Gasteiger partial charge in [0.15, 0.2) is 17.8 Å². The Bertz CT molecular complexity index is 637. The standard InChI is InChI=1S/C15H11FO3/c16-13-7-10(1-2-12(13)9-17)11-3-4-14-15(8-11)19-6-5-18-14/h1-4,7-9H,5-6H2. The Labute approximate surface area is 109 Å². The second kappa shape index (κ2) is 4.72. The lowest BCUT2D eigenvalue weighted by molar-refractivity contribution is 0.112. The first-order valence-corrected chi connectivity index (χ1v) is 5.93. The molecule has 96 valence electrons. The van der Waals surface area contributed by atoms with Crippen molar-refractivity contribution in [3.63, 3.8) is 0 Å². The third-order valence-electron chi connectivity index (χ3n) is 3.00. The molecular formula is C15H11FO3. The number of fused-ring (bicyclic) bond motifs is 1. The molecule has 2 aromatic rings. The first kappa shape index (κ1) is 11.7. The molecule has 4 heteroatoms. The van der Waals surface area contributed by atoms with Crippen molar-refractivity contribution in [1.82, 2.24) is 0 Å². The van der Waals surface area contributed by atoms with Gasteiger partial charge in [0, 0.05) is 0 Å². The first-order chi connectivity index (χ1) is 9.28. The minimum absolute atomic E-state index is 0.0568. The molecular weight excluding hydrogens is 247 g/mol. The zero-order chi connectivity index (χ0) is 13.2. The highest BCUT2D eigenvalue weighted by Crippen LogP contribution is 2.34. The maximum absolute atomic E-state index is 13.6. The maximum atomic E-state index is 13.6. The molecule has 3 nitrogen and oxygen atoms in total. The summed E-state index contributed by atoms with van der Waals surface area (Å²) in [4.78, 5) is 10.6. The van der Waals surface area contributed by atoms with Gasteiger partial charge in [-0.25, -0.2) is 4.39 Å². The molecule has 19 heavy (non-hydrogen) atoms. The highest BCUT2D eigenvalue weighted by molar-refractivity contribution is 5.77. The van der Waals surface area contributed by atoms with E-state index in [1.54, 1.807) is 12.1 Å². The van der Waals surface area contributed by atoms with E-state index in [2.05, 4.69) is 0 Å². The van der Waals surface area contributed by atoms with Gasteiger partial charge in [0.2, 0.25) is 0 Å². The third-order valence-corrected chi connectivity index (χ3v) is 3.00. The van der Waals surface area contributed by atoms with Gasteiger partial charge in [-0.15, -0.1) is 0 Å². The molecule has 0 spiro atoms. The lowest BCUT2D eigenvalue weighted by Crippen LogP contribution is -2.15. The second-order valence-corrected chi connectivity index (χ2v) is 4.21. The van der Waals surface area contributed by atoms with Crippen LogP contribution in [0.15, 0.2) is 36.4 Å². The maximum Gasteiger partial charge on any atom is 0.161 e. The van der Waals surface area contributed by atoms with E-state index < -0.39 is 5.82 Å². The summed E-state index contributed by atoms with van der Waals surface area (Å²) in [6.07, 6.45) is 0.503. The van der Waals surface area contributed by atoms with Crippen LogP contribution < -0.4 is 9.47 Å². The van der Waals surface area contributed by atoms with Gasteiger partial charge < -0.3 is 9.47 Å². The minimum atomic E-state index is -0.526. The van der Waals surface area contributed by atoms with E-state index in [4.69, 9.17) is 9.47 Å². The largest absolute Gasteiger partial charge is 0.486 e. The number of benzene rings is 2. The summed E-state index contributed by atoms with van der Waals surface area (Å²) in [5.74, 6) is 0.825. The number of halogens is 1. The second-order valence-electron chi connectivity index (χ2n) is 4.21. The fourth-order valence-electron chi connectivity index (χ4n) is 2.03. The summed E-state index contributed by atoms with van der Waals surface area (Å²) < 4.78 is 24.5. The van der Waals surface area contributed by atoms with Gasteiger partial charge in [0.05, 0.1) is 5.56 Å². The van der Waals surface area contributed by atoms with Crippen LogP contribution in [-0.4, -0.2) is 19.5 Å². The number of aldehydes is 1. The fourth-order valence-corrected chi connectivity index (χ4v) is 2.03. The molecule has 0 aliphatic carbocycles. The molecule has 0 unspecified atom stereocenters. The molecule has 2 aromatic carbocycles. The molecule has 1 aliphatic rings. The lowest BCUT2D eigenvalue weighted by Gasteiger charge is -2.19. The van der Waals surface area contributed by atoms with Crippen LogP contribution in [0.25, 0.3) is 11.1 Å². The summed E-state index contributed by atoms with van der Waals surface area (Å²) in [5.41, 5.74) is 1.57. The highest BCUT2D eigenvalue weighted by atomic mass is 19.1. The first-order valence-electron chi connectivity index (χ1n) is 5.93. The van der Waals surface area contributed by atoms with Crippen molar-refractivity contribution in [1.29, 1.82) is 0 Å². The van der Waals surface area contributed by atoms with Crippen molar-refractivity contribution in [3.8, 4) is 22.6 Å². The van der Waals surface area contributed by atoms with Crippen molar-refractivity contribution < 1.29 is 18.7 Å². The van der Waals surface area contributed by atoms with Crippen LogP contribution in [0.3, 0.4) is 0 Å². The van der Waals surface area contributed by atoms with Crippen molar-refractivity contribution in [2.75, 3.05) is 13.2 Å². The number of hydrogen-bond acceptors (Lipinski definition) is 3. The normalized spacial score (nSPS) is 13.1. The van der Waals surface area contributed by atoms with Gasteiger partial charge in [-0.1, -0.05) is 12.1 Å². The highest BCUT2D eigenvalue weighted by Gasteiger charge is 2.13. The Morgan fingerprint density at radius 1 is 0.947 bits per heavy atom. The number of carbonyl (C=O) groups excluding carboxylic acids is 1. The average Bonchev–Trinajstić information content (AvgIpc) is 2.46. The van der Waals surface area contributed by atoms with Crippen LogP contribution in [0, 0.1) is 5.82 Å². The Kier molecular flexibility index (Phi) is 2.91. The van der Waals surface area contributed by atoms with Crippen LogP contribution in [0.1, 0.15) is 10.4 Å². The summed E-state index contributed by atoms with van der Waals surface area (Å²) in [7, 11) is 0. The SMILES string of the molecule is O=Cc1ccc(-c2ccc3c(c2)OCCO3)cc1F. The van der Waals surface area contributed by atoms with E-state index in [-0.39, 0.29) is 5.56 Å². The Morgan fingerprint density at radius 2 is 1.63 bits per heavy atom. The van der Waals surface area contributed by atoms with E-state index >= 15 is 0 Å². The molecule has 3 rings (SSSR count). The monoisotopic (exact) mass is 258 g/mol. The molecule has 0 saturated heterocycles. The Balaban J connectivity index is 2.02. The predicted octanol–water partition coefficient (Wildman–Crippen LogP) is 3.08. The quantitative estimate of drug-likeness (QED) is 0.776. The van der Waals surface area contributed by atoms with E-state index in [1.807, 2.05) is 12.1 Å². The Hall–Kier alpha value is -2.36. The van der Waals surface area contributed by atoms with Gasteiger partial charge in [0.25, 0.3) is 0 Å². The van der Waals surface area contributed by atoms with Crippen LogP contribution in [0.5, 0.6) is 11.5 Å². The summed E-state index contributed by atoms with van der Waals surface area (Å²) in [6, 6.07) is 9.96. The summed E-state index contributed by atoms with van der Waals surface area (Å²) in [6.45, 7) is 1.05. The Morgan fingerprint density at radius 3 is 2.37 bits per heavy atom. The average molecular weight is 258 g/mol. The molecule has 0 aromatic heterocycles. The van der Waals surface area contributed by atoms with Crippen LogP contribution in [-0.2, 0) is 0 Å². The molecule has 0 atom stereocenters. The van der Waals surface area contributed by atoms with Gasteiger partial charge in [-0.3, -0.25) is 4.79 Å². The zero-order valence-corrected chi connectivity index (χ0v) is 10.1. The zero-order valence-electron chi connectivity index (χ0n) is 10.1. The third kappa shape index (κ3) is 2.17. The van der Waals surface area contributed by atoms with Gasteiger partial charge in [-0.2, -0.15) is 0 Å². The minimum Gasteiger partial charge on any atom is -0.486 e. The van der Waals surface area contributed by atoms with Crippen molar-refractivity contribution in [2.24, 2.45) is 0 Å².